The number of aromatic nitrogens is 2. The fourth-order valence-corrected chi connectivity index (χ4v) is 1.90. The maximum atomic E-state index is 11.5. The molecule has 0 aliphatic heterocycles. The van der Waals surface area contributed by atoms with Crippen LogP contribution in [-0.4, -0.2) is 26.5 Å². The number of nitrogens with zero attached hydrogens (tertiary/aromatic N) is 2. The van der Waals surface area contributed by atoms with Gasteiger partial charge in [-0.3, -0.25) is 4.79 Å². The quantitative estimate of drug-likeness (QED) is 0.776. The highest BCUT2D eigenvalue weighted by molar-refractivity contribution is 6.06. The molecule has 0 amide bonds. The lowest BCUT2D eigenvalue weighted by atomic mass is 10.1. The molecule has 0 fully saturated rings. The number of rotatable bonds is 2. The van der Waals surface area contributed by atoms with Crippen LogP contribution >= 0.6 is 0 Å². The first-order valence-electron chi connectivity index (χ1n) is 4.74. The molecule has 0 unspecified atom stereocenters. The van der Waals surface area contributed by atoms with Gasteiger partial charge in [0.05, 0.1) is 5.52 Å². The number of fused-ring (bicyclic) bond motifs is 1. The van der Waals surface area contributed by atoms with Crippen molar-refractivity contribution in [2.24, 2.45) is 0 Å². The van der Waals surface area contributed by atoms with E-state index >= 15 is 0 Å². The number of carbonyl (C=O) groups is 2. The first-order valence-corrected chi connectivity index (χ1v) is 4.74. The minimum Gasteiger partial charge on any atom is -0.477 e. The predicted molar refractivity (Wildman–Crippen MR) is 56.9 cm³/mol. The Hall–Kier alpha value is -2.17. The van der Waals surface area contributed by atoms with Gasteiger partial charge in [-0.1, -0.05) is 0 Å². The summed E-state index contributed by atoms with van der Waals surface area (Å²) >= 11 is 0. The van der Waals surface area contributed by atoms with Gasteiger partial charge in [0.15, 0.2) is 11.5 Å². The monoisotopic (exact) mass is 218 g/mol. The highest BCUT2D eigenvalue weighted by atomic mass is 16.4. The van der Waals surface area contributed by atoms with E-state index in [1.807, 2.05) is 0 Å². The third-order valence-corrected chi connectivity index (χ3v) is 2.50. The Morgan fingerprint density at radius 2 is 2.12 bits per heavy atom. The van der Waals surface area contributed by atoms with Gasteiger partial charge in [0.2, 0.25) is 0 Å². The predicted octanol–water partition coefficient (Wildman–Crippen LogP) is 1.54. The average Bonchev–Trinajstić information content (AvgIpc) is 2.49. The molecular formula is C11H10N2O3. The molecule has 5 nitrogen and oxygen atoms in total. The third kappa shape index (κ3) is 1.29. The summed E-state index contributed by atoms with van der Waals surface area (Å²) in [5, 5.41) is 13.0. The van der Waals surface area contributed by atoms with E-state index in [4.69, 9.17) is 5.11 Å². The molecule has 0 bridgehead atoms. The van der Waals surface area contributed by atoms with Crippen molar-refractivity contribution in [3.05, 3.63) is 35.2 Å². The second-order valence-corrected chi connectivity index (χ2v) is 3.53. The first kappa shape index (κ1) is 10.4. The number of carboxylic acids is 1. The molecule has 0 aromatic carbocycles. The summed E-state index contributed by atoms with van der Waals surface area (Å²) in [4.78, 5) is 22.6. The van der Waals surface area contributed by atoms with E-state index in [1.54, 1.807) is 19.1 Å². The zero-order valence-corrected chi connectivity index (χ0v) is 8.89. The number of Topliss-reactive ketones (excluding diaryl/α,β-unsaturated/α-hetero) is 1. The van der Waals surface area contributed by atoms with Crippen molar-refractivity contribution in [3.63, 3.8) is 0 Å². The molecule has 0 radical (unpaired) electrons. The largest absolute Gasteiger partial charge is 0.477 e. The summed E-state index contributed by atoms with van der Waals surface area (Å²) in [6, 6.07) is 3.36. The molecule has 1 N–H and O–H groups in total. The van der Waals surface area contributed by atoms with Gasteiger partial charge < -0.3 is 5.11 Å². The van der Waals surface area contributed by atoms with Crippen molar-refractivity contribution in [3.8, 4) is 0 Å². The van der Waals surface area contributed by atoms with Crippen LogP contribution in [0.1, 0.15) is 33.3 Å². The summed E-state index contributed by atoms with van der Waals surface area (Å²) in [7, 11) is 0. The van der Waals surface area contributed by atoms with Crippen LogP contribution in [0, 0.1) is 6.92 Å². The normalized spacial score (nSPS) is 10.6. The highest BCUT2D eigenvalue weighted by Crippen LogP contribution is 2.22. The molecule has 0 spiro atoms. The standard InChI is InChI=1S/C11H10N2O3/c1-6-9(7(2)14)8-4-3-5-12-13(8)10(6)11(15)16/h3-5H,1-2H3,(H,15,16). The third-order valence-electron chi connectivity index (χ3n) is 2.50. The van der Waals surface area contributed by atoms with Crippen LogP contribution in [0.2, 0.25) is 0 Å². The zero-order valence-electron chi connectivity index (χ0n) is 8.89. The second kappa shape index (κ2) is 3.44. The van der Waals surface area contributed by atoms with Crippen LogP contribution < -0.4 is 0 Å². The number of carbonyl (C=O) groups excluding carboxylic acids is 1. The highest BCUT2D eigenvalue weighted by Gasteiger charge is 2.22. The average molecular weight is 218 g/mol. The van der Waals surface area contributed by atoms with Gasteiger partial charge >= 0.3 is 5.97 Å². The molecule has 2 aromatic rings. The summed E-state index contributed by atoms with van der Waals surface area (Å²) < 4.78 is 1.29. The van der Waals surface area contributed by atoms with E-state index in [0.29, 0.717) is 16.6 Å². The van der Waals surface area contributed by atoms with Crippen molar-refractivity contribution < 1.29 is 14.7 Å². The van der Waals surface area contributed by atoms with E-state index in [1.165, 1.54) is 17.6 Å². The van der Waals surface area contributed by atoms with Crippen molar-refractivity contribution in [2.45, 2.75) is 13.8 Å². The Balaban J connectivity index is 2.97. The molecule has 82 valence electrons. The van der Waals surface area contributed by atoms with Gasteiger partial charge in [-0.2, -0.15) is 5.10 Å². The summed E-state index contributed by atoms with van der Waals surface area (Å²) in [5.41, 5.74) is 1.45. The molecule has 16 heavy (non-hydrogen) atoms. The summed E-state index contributed by atoms with van der Waals surface area (Å²) in [6.45, 7) is 3.04. The molecule has 0 saturated carbocycles. The van der Waals surface area contributed by atoms with Crippen molar-refractivity contribution in [1.82, 2.24) is 9.61 Å². The molecule has 2 heterocycles. The van der Waals surface area contributed by atoms with E-state index in [0.717, 1.165) is 0 Å². The van der Waals surface area contributed by atoms with Gasteiger partial charge in [-0.15, -0.1) is 0 Å². The molecule has 0 atom stereocenters. The Morgan fingerprint density at radius 1 is 1.44 bits per heavy atom. The maximum absolute atomic E-state index is 11.5. The van der Waals surface area contributed by atoms with Crippen molar-refractivity contribution in [1.29, 1.82) is 0 Å². The van der Waals surface area contributed by atoms with Gasteiger partial charge in [0.25, 0.3) is 0 Å². The molecule has 0 aliphatic carbocycles. The van der Waals surface area contributed by atoms with Crippen LogP contribution in [0.4, 0.5) is 0 Å². The van der Waals surface area contributed by atoms with Crippen molar-refractivity contribution in [2.75, 3.05) is 0 Å². The summed E-state index contributed by atoms with van der Waals surface area (Å²) in [5.74, 6) is -1.24. The summed E-state index contributed by atoms with van der Waals surface area (Å²) in [6.07, 6.45) is 1.49. The van der Waals surface area contributed by atoms with Crippen LogP contribution in [0.15, 0.2) is 18.3 Å². The number of carboxylic acid groups (broad SMARTS) is 1. The first-order chi connectivity index (χ1) is 7.54. The smallest absolute Gasteiger partial charge is 0.354 e. The van der Waals surface area contributed by atoms with Gasteiger partial charge in [-0.25, -0.2) is 9.31 Å². The van der Waals surface area contributed by atoms with E-state index in [2.05, 4.69) is 5.10 Å². The molecule has 0 aliphatic rings. The topological polar surface area (TPSA) is 71.7 Å². The number of aromatic carboxylic acids is 1. The molecular weight excluding hydrogens is 208 g/mol. The lowest BCUT2D eigenvalue weighted by Gasteiger charge is -1.95. The van der Waals surface area contributed by atoms with E-state index in [-0.39, 0.29) is 11.5 Å². The lowest BCUT2D eigenvalue weighted by Crippen LogP contribution is -2.05. The van der Waals surface area contributed by atoms with Crippen molar-refractivity contribution >= 4 is 17.3 Å². The van der Waals surface area contributed by atoms with E-state index in [9.17, 15) is 9.59 Å². The minimum absolute atomic E-state index is 0.0424. The van der Waals surface area contributed by atoms with Gasteiger partial charge in [0.1, 0.15) is 0 Å². The second-order valence-electron chi connectivity index (χ2n) is 3.53. The van der Waals surface area contributed by atoms with Gasteiger partial charge in [0, 0.05) is 11.8 Å². The Labute approximate surface area is 91.3 Å². The Morgan fingerprint density at radius 3 is 2.69 bits per heavy atom. The Kier molecular flexibility index (Phi) is 2.23. The SMILES string of the molecule is CC(=O)c1c(C)c(C(=O)O)n2ncccc12. The van der Waals surface area contributed by atoms with Crippen LogP contribution in [0.5, 0.6) is 0 Å². The van der Waals surface area contributed by atoms with E-state index < -0.39 is 5.97 Å². The molecule has 5 heteroatoms. The molecule has 2 aromatic heterocycles. The number of hydrogen-bond acceptors (Lipinski definition) is 3. The van der Waals surface area contributed by atoms with Crippen LogP contribution in [0.25, 0.3) is 5.52 Å². The fourth-order valence-electron chi connectivity index (χ4n) is 1.90. The number of ketones is 1. The van der Waals surface area contributed by atoms with Crippen LogP contribution in [-0.2, 0) is 0 Å². The van der Waals surface area contributed by atoms with Gasteiger partial charge in [-0.05, 0) is 31.5 Å². The van der Waals surface area contributed by atoms with Crippen LogP contribution in [0.3, 0.4) is 0 Å². The lowest BCUT2D eigenvalue weighted by molar-refractivity contribution is 0.0687. The number of hydrogen-bond donors (Lipinski definition) is 1. The minimum atomic E-state index is -1.08. The Bertz CT molecular complexity index is 548. The fraction of sp³-hybridized carbons (Fsp3) is 0.182. The molecule has 0 saturated heterocycles. The maximum Gasteiger partial charge on any atom is 0.354 e. The zero-order chi connectivity index (χ0) is 11.9. The molecule has 2 rings (SSSR count).